The van der Waals surface area contributed by atoms with Gasteiger partial charge in [-0.15, -0.1) is 0 Å². The second kappa shape index (κ2) is 9.22. The van der Waals surface area contributed by atoms with Gasteiger partial charge in [0, 0.05) is 12.6 Å². The molecule has 6 atom stereocenters. The van der Waals surface area contributed by atoms with Crippen LogP contribution < -0.4 is 11.1 Å². The number of aryl methyl sites for hydroxylation is 1. The smallest absolute Gasteiger partial charge is 0.251 e. The number of nitrogens with two attached hydrogens (primary N) is 1. The zero-order valence-electron chi connectivity index (χ0n) is 16.9. The molecule has 0 saturated carbocycles. The van der Waals surface area contributed by atoms with Gasteiger partial charge in [-0.3, -0.25) is 4.79 Å². The van der Waals surface area contributed by atoms with E-state index in [-0.39, 0.29) is 5.91 Å². The van der Waals surface area contributed by atoms with Gasteiger partial charge in [0.05, 0.1) is 12.6 Å². The van der Waals surface area contributed by atoms with Crippen molar-refractivity contribution in [3.8, 4) is 11.1 Å². The average Bonchev–Trinajstić information content (AvgIpc) is 2.76. The van der Waals surface area contributed by atoms with Crippen LogP contribution in [-0.4, -0.2) is 70.5 Å². The average molecular weight is 416 g/mol. The normalized spacial score (nSPS) is 27.5. The van der Waals surface area contributed by atoms with Crippen molar-refractivity contribution in [3.05, 3.63) is 59.2 Å². The highest BCUT2D eigenvalue weighted by atomic mass is 16.5. The summed E-state index contributed by atoms with van der Waals surface area (Å²) >= 11 is 0. The Balaban J connectivity index is 1.87. The predicted octanol–water partition coefficient (Wildman–Crippen LogP) is -0.136. The van der Waals surface area contributed by atoms with Crippen LogP contribution in [-0.2, 0) is 4.74 Å². The molecule has 1 amide bonds. The van der Waals surface area contributed by atoms with Gasteiger partial charge in [-0.25, -0.2) is 0 Å². The van der Waals surface area contributed by atoms with Gasteiger partial charge in [0.1, 0.15) is 30.5 Å². The SMILES string of the molecule is CNC(=O)c1cccc(-c2ccc([C@@H](N)[C@H]3O[C@H](CO)[C@@H](O)C(O)C3O)c(C)c2)c1. The molecule has 1 fully saturated rings. The fraction of sp³-hybridized carbons (Fsp3) is 0.409. The first kappa shape index (κ1) is 22.4. The van der Waals surface area contributed by atoms with Crippen molar-refractivity contribution < 1.29 is 30.0 Å². The van der Waals surface area contributed by atoms with Gasteiger partial charge in [-0.05, 0) is 41.3 Å². The highest BCUT2D eigenvalue weighted by molar-refractivity contribution is 5.95. The Morgan fingerprint density at radius 2 is 1.80 bits per heavy atom. The van der Waals surface area contributed by atoms with Crippen molar-refractivity contribution in [3.63, 3.8) is 0 Å². The van der Waals surface area contributed by atoms with Crippen LogP contribution in [0.4, 0.5) is 0 Å². The van der Waals surface area contributed by atoms with Crippen molar-refractivity contribution >= 4 is 5.91 Å². The summed E-state index contributed by atoms with van der Waals surface area (Å²) in [5.74, 6) is -0.171. The second-order valence-corrected chi connectivity index (χ2v) is 7.55. The van der Waals surface area contributed by atoms with E-state index in [0.29, 0.717) is 11.1 Å². The van der Waals surface area contributed by atoms with Gasteiger partial charge < -0.3 is 36.2 Å². The van der Waals surface area contributed by atoms with E-state index in [4.69, 9.17) is 10.5 Å². The molecule has 2 unspecified atom stereocenters. The minimum absolute atomic E-state index is 0.171. The van der Waals surface area contributed by atoms with E-state index < -0.39 is 43.2 Å². The highest BCUT2D eigenvalue weighted by Crippen LogP contribution is 2.32. The molecule has 8 heteroatoms. The summed E-state index contributed by atoms with van der Waals surface area (Å²) in [6.07, 6.45) is -6.31. The van der Waals surface area contributed by atoms with E-state index in [1.54, 1.807) is 19.2 Å². The van der Waals surface area contributed by atoms with Crippen LogP contribution in [0.3, 0.4) is 0 Å². The van der Waals surface area contributed by atoms with Gasteiger partial charge in [-0.1, -0.05) is 30.3 Å². The summed E-state index contributed by atoms with van der Waals surface area (Å²) in [7, 11) is 1.58. The van der Waals surface area contributed by atoms with Crippen molar-refractivity contribution in [2.45, 2.75) is 43.5 Å². The number of carbonyl (C=O) groups is 1. The molecule has 1 heterocycles. The summed E-state index contributed by atoms with van der Waals surface area (Å²) in [6.45, 7) is 1.36. The molecule has 0 aromatic heterocycles. The van der Waals surface area contributed by atoms with Crippen molar-refractivity contribution in [2.75, 3.05) is 13.7 Å². The molecule has 8 nitrogen and oxygen atoms in total. The topological polar surface area (TPSA) is 145 Å². The van der Waals surface area contributed by atoms with Gasteiger partial charge in [0.15, 0.2) is 0 Å². The van der Waals surface area contributed by atoms with Crippen LogP contribution in [0.15, 0.2) is 42.5 Å². The number of hydrogen-bond donors (Lipinski definition) is 6. The largest absolute Gasteiger partial charge is 0.394 e. The second-order valence-electron chi connectivity index (χ2n) is 7.55. The first-order chi connectivity index (χ1) is 14.3. The number of benzene rings is 2. The van der Waals surface area contributed by atoms with Gasteiger partial charge in [0.2, 0.25) is 0 Å². The molecule has 0 spiro atoms. The van der Waals surface area contributed by atoms with E-state index in [1.165, 1.54) is 0 Å². The minimum atomic E-state index is -1.47. The van der Waals surface area contributed by atoms with Crippen LogP contribution in [0.1, 0.15) is 27.5 Å². The summed E-state index contributed by atoms with van der Waals surface area (Å²) in [5, 5.41) is 42.3. The van der Waals surface area contributed by atoms with Crippen LogP contribution in [0.25, 0.3) is 11.1 Å². The third kappa shape index (κ3) is 4.24. The Morgan fingerprint density at radius 1 is 1.10 bits per heavy atom. The van der Waals surface area contributed by atoms with Crippen molar-refractivity contribution in [2.24, 2.45) is 5.73 Å². The zero-order valence-corrected chi connectivity index (χ0v) is 16.9. The highest BCUT2D eigenvalue weighted by Gasteiger charge is 2.46. The molecule has 162 valence electrons. The lowest BCUT2D eigenvalue weighted by Gasteiger charge is -2.42. The molecule has 0 aliphatic carbocycles. The molecular formula is C22H28N2O6. The molecule has 2 aromatic carbocycles. The van der Waals surface area contributed by atoms with Gasteiger partial charge >= 0.3 is 0 Å². The summed E-state index contributed by atoms with van der Waals surface area (Å²) in [5.41, 5.74) is 10.2. The van der Waals surface area contributed by atoms with Crippen LogP contribution in [0.2, 0.25) is 0 Å². The van der Waals surface area contributed by atoms with Crippen LogP contribution >= 0.6 is 0 Å². The standard InChI is InChI=1S/C22H28N2O6/c1-11-8-13(12-4-3-5-14(9-12)22(29)24-2)6-7-15(11)17(23)21-20(28)19(27)18(26)16(10-25)30-21/h3-9,16-21,25-28H,10,23H2,1-2H3,(H,24,29)/t16-,17-,18-,19?,20?,21-/m1/s1. The van der Waals surface area contributed by atoms with E-state index in [1.807, 2.05) is 37.3 Å². The number of ether oxygens (including phenoxy) is 1. The quantitative estimate of drug-likeness (QED) is 0.398. The minimum Gasteiger partial charge on any atom is -0.394 e. The first-order valence-corrected chi connectivity index (χ1v) is 9.77. The van der Waals surface area contributed by atoms with E-state index in [2.05, 4.69) is 5.32 Å². The number of carbonyl (C=O) groups excluding carboxylic acids is 1. The summed E-state index contributed by atoms with van der Waals surface area (Å²) < 4.78 is 5.59. The van der Waals surface area contributed by atoms with E-state index >= 15 is 0 Å². The summed E-state index contributed by atoms with van der Waals surface area (Å²) in [6, 6.07) is 12.0. The maximum absolute atomic E-state index is 11.9. The van der Waals surface area contributed by atoms with E-state index in [9.17, 15) is 25.2 Å². The third-order valence-electron chi connectivity index (χ3n) is 5.60. The Hall–Kier alpha value is -2.33. The van der Waals surface area contributed by atoms with Gasteiger partial charge in [-0.2, -0.15) is 0 Å². The summed E-state index contributed by atoms with van der Waals surface area (Å²) in [4.78, 5) is 11.9. The van der Waals surface area contributed by atoms with Crippen LogP contribution in [0, 0.1) is 6.92 Å². The maximum atomic E-state index is 11.9. The number of nitrogens with one attached hydrogen (secondary N) is 1. The molecule has 1 aliphatic heterocycles. The first-order valence-electron chi connectivity index (χ1n) is 9.77. The lowest BCUT2D eigenvalue weighted by atomic mass is 9.86. The van der Waals surface area contributed by atoms with Gasteiger partial charge in [0.25, 0.3) is 5.91 Å². The maximum Gasteiger partial charge on any atom is 0.251 e. The monoisotopic (exact) mass is 416 g/mol. The lowest BCUT2D eigenvalue weighted by Crippen LogP contribution is -2.60. The molecule has 1 saturated heterocycles. The Bertz CT molecular complexity index is 903. The fourth-order valence-corrected chi connectivity index (χ4v) is 3.82. The fourth-order valence-electron chi connectivity index (χ4n) is 3.82. The molecule has 2 aromatic rings. The molecule has 3 rings (SSSR count). The number of rotatable bonds is 5. The Labute approximate surface area is 174 Å². The number of amides is 1. The van der Waals surface area contributed by atoms with Crippen molar-refractivity contribution in [1.82, 2.24) is 5.32 Å². The predicted molar refractivity (Wildman–Crippen MR) is 111 cm³/mol. The Morgan fingerprint density at radius 3 is 2.43 bits per heavy atom. The lowest BCUT2D eigenvalue weighted by molar-refractivity contribution is -0.234. The molecule has 7 N–H and O–H groups in total. The Kier molecular flexibility index (Phi) is 6.87. The zero-order chi connectivity index (χ0) is 22.0. The number of hydrogen-bond acceptors (Lipinski definition) is 7. The van der Waals surface area contributed by atoms with Crippen molar-refractivity contribution in [1.29, 1.82) is 0 Å². The molecule has 0 radical (unpaired) electrons. The van der Waals surface area contributed by atoms with E-state index in [0.717, 1.165) is 16.7 Å². The molecular weight excluding hydrogens is 388 g/mol. The number of aliphatic hydroxyl groups is 4. The third-order valence-corrected chi connectivity index (χ3v) is 5.60. The van der Waals surface area contributed by atoms with Crippen LogP contribution in [0.5, 0.6) is 0 Å². The molecule has 1 aliphatic rings. The molecule has 30 heavy (non-hydrogen) atoms. The molecule has 0 bridgehead atoms. The number of aliphatic hydroxyl groups excluding tert-OH is 4.